The summed E-state index contributed by atoms with van der Waals surface area (Å²) in [6.07, 6.45) is 4.07. The molecule has 33 heavy (non-hydrogen) atoms. The van der Waals surface area contributed by atoms with Crippen molar-refractivity contribution < 1.29 is 9.59 Å². The molecule has 5 rings (SSSR count). The number of rotatable bonds is 4. The smallest absolute Gasteiger partial charge is 0.255 e. The molecule has 0 saturated carbocycles. The Morgan fingerprint density at radius 2 is 1.82 bits per heavy atom. The summed E-state index contributed by atoms with van der Waals surface area (Å²) < 4.78 is 1.52. The number of carbonyl (C=O) groups is 2. The number of benzene rings is 2. The van der Waals surface area contributed by atoms with E-state index in [1.54, 1.807) is 65.8 Å². The summed E-state index contributed by atoms with van der Waals surface area (Å²) in [5.41, 5.74) is 2.45. The molecule has 2 aromatic heterocycles. The van der Waals surface area contributed by atoms with Gasteiger partial charge < -0.3 is 15.2 Å². The highest BCUT2D eigenvalue weighted by molar-refractivity contribution is 6.35. The van der Waals surface area contributed by atoms with Crippen molar-refractivity contribution in [2.45, 2.75) is 12.5 Å². The molecule has 0 spiro atoms. The van der Waals surface area contributed by atoms with Gasteiger partial charge in [0.2, 0.25) is 0 Å². The molecule has 8 heteroatoms. The van der Waals surface area contributed by atoms with Gasteiger partial charge in [-0.25, -0.2) is 0 Å². The molecule has 1 aliphatic rings. The number of pyridine rings is 1. The third kappa shape index (κ3) is 4.15. The number of halogens is 1. The van der Waals surface area contributed by atoms with E-state index in [1.165, 1.54) is 10.6 Å². The van der Waals surface area contributed by atoms with Gasteiger partial charge >= 0.3 is 0 Å². The van der Waals surface area contributed by atoms with E-state index >= 15 is 0 Å². The van der Waals surface area contributed by atoms with E-state index in [-0.39, 0.29) is 23.4 Å². The first-order chi connectivity index (χ1) is 16.0. The summed E-state index contributed by atoms with van der Waals surface area (Å²) in [5.74, 6) is -0.277. The summed E-state index contributed by atoms with van der Waals surface area (Å²) in [6, 6.07) is 17.1. The average molecular weight is 461 g/mol. The number of nitrogens with zero attached hydrogens (tertiary/aromatic N) is 2. The number of nitrogens with one attached hydrogen (secondary N) is 2. The Labute approximate surface area is 194 Å². The van der Waals surface area contributed by atoms with Crippen LogP contribution in [-0.2, 0) is 0 Å². The fraction of sp³-hybridized carbons (Fsp3) is 0.160. The van der Waals surface area contributed by atoms with Crippen LogP contribution >= 0.6 is 11.6 Å². The second-order valence-corrected chi connectivity index (χ2v) is 8.47. The lowest BCUT2D eigenvalue weighted by molar-refractivity contribution is 0.0783. The highest BCUT2D eigenvalue weighted by Crippen LogP contribution is 2.24. The van der Waals surface area contributed by atoms with E-state index in [1.807, 2.05) is 6.07 Å². The molecule has 4 aromatic rings. The van der Waals surface area contributed by atoms with Crippen molar-refractivity contribution in [3.8, 4) is 5.69 Å². The molecule has 2 amide bonds. The Kier molecular flexibility index (Phi) is 5.48. The summed E-state index contributed by atoms with van der Waals surface area (Å²) in [7, 11) is 0. The quantitative estimate of drug-likeness (QED) is 0.487. The van der Waals surface area contributed by atoms with Gasteiger partial charge in [0.05, 0.1) is 5.02 Å². The number of H-pyrrole nitrogens is 1. The number of hydrogen-bond acceptors (Lipinski definition) is 3. The first-order valence-corrected chi connectivity index (χ1v) is 11.0. The molecular weight excluding hydrogens is 440 g/mol. The highest BCUT2D eigenvalue weighted by Gasteiger charge is 2.28. The van der Waals surface area contributed by atoms with Gasteiger partial charge in [-0.2, -0.15) is 0 Å². The van der Waals surface area contributed by atoms with Crippen LogP contribution in [0.2, 0.25) is 5.02 Å². The predicted molar refractivity (Wildman–Crippen MR) is 127 cm³/mol. The highest BCUT2D eigenvalue weighted by atomic mass is 35.5. The van der Waals surface area contributed by atoms with Gasteiger partial charge in [-0.15, -0.1) is 0 Å². The van der Waals surface area contributed by atoms with Crippen molar-refractivity contribution in [2.75, 3.05) is 13.1 Å². The van der Waals surface area contributed by atoms with E-state index in [4.69, 9.17) is 11.6 Å². The molecule has 0 aliphatic carbocycles. The number of amides is 2. The van der Waals surface area contributed by atoms with E-state index in [0.717, 1.165) is 10.9 Å². The van der Waals surface area contributed by atoms with Crippen molar-refractivity contribution in [3.63, 3.8) is 0 Å². The summed E-state index contributed by atoms with van der Waals surface area (Å²) in [6.45, 7) is 1.01. The Bertz CT molecular complexity index is 1410. The number of aromatic nitrogens is 2. The molecule has 1 atom stereocenters. The maximum atomic E-state index is 12.9. The number of fused-ring (bicyclic) bond motifs is 1. The predicted octanol–water partition coefficient (Wildman–Crippen LogP) is 3.62. The topological polar surface area (TPSA) is 87.2 Å². The summed E-state index contributed by atoms with van der Waals surface area (Å²) in [5, 5.41) is 4.51. The molecule has 1 fully saturated rings. The molecule has 1 unspecified atom stereocenters. The molecule has 1 saturated heterocycles. The standard InChI is InChI=1S/C25H21ClN4O3/c26-21-14-27-22-13-17(6-9-20(21)22)24(32)28-18-10-12-29(15-18)25(33)16-4-7-19(8-5-16)30-11-2-1-3-23(30)31/h1-9,11,13-14,18,27H,10,12,15H2,(H,28,32). The van der Waals surface area contributed by atoms with Gasteiger partial charge in [0, 0.05) is 65.3 Å². The minimum Gasteiger partial charge on any atom is -0.360 e. The summed E-state index contributed by atoms with van der Waals surface area (Å²) >= 11 is 6.10. The molecule has 3 heterocycles. The molecule has 1 aliphatic heterocycles. The minimum absolute atomic E-state index is 0.0962. The van der Waals surface area contributed by atoms with Gasteiger partial charge in [0.25, 0.3) is 17.4 Å². The van der Waals surface area contributed by atoms with Gasteiger partial charge in [-0.3, -0.25) is 19.0 Å². The van der Waals surface area contributed by atoms with Gasteiger partial charge in [-0.05, 0) is 48.9 Å². The van der Waals surface area contributed by atoms with Gasteiger partial charge in [0.1, 0.15) is 0 Å². The zero-order valence-corrected chi connectivity index (χ0v) is 18.4. The Balaban J connectivity index is 1.23. The number of carbonyl (C=O) groups excluding carboxylic acids is 2. The fourth-order valence-electron chi connectivity index (χ4n) is 4.15. The monoisotopic (exact) mass is 460 g/mol. The van der Waals surface area contributed by atoms with Crippen molar-refractivity contribution in [1.29, 1.82) is 0 Å². The van der Waals surface area contributed by atoms with Crippen molar-refractivity contribution >= 4 is 34.3 Å². The largest absolute Gasteiger partial charge is 0.360 e. The second kappa shape index (κ2) is 8.60. The lowest BCUT2D eigenvalue weighted by Gasteiger charge is -2.17. The molecule has 0 bridgehead atoms. The van der Waals surface area contributed by atoms with Gasteiger partial charge in [-0.1, -0.05) is 23.7 Å². The number of likely N-dealkylation sites (tertiary alicyclic amines) is 1. The molecular formula is C25H21ClN4O3. The maximum absolute atomic E-state index is 12.9. The maximum Gasteiger partial charge on any atom is 0.255 e. The van der Waals surface area contributed by atoms with Crippen LogP contribution in [-0.4, -0.2) is 45.4 Å². The third-order valence-electron chi connectivity index (χ3n) is 5.92. The van der Waals surface area contributed by atoms with Crippen LogP contribution in [0.1, 0.15) is 27.1 Å². The van der Waals surface area contributed by atoms with Crippen molar-refractivity contribution in [1.82, 2.24) is 19.8 Å². The average Bonchev–Trinajstić information content (AvgIpc) is 3.45. The normalized spacial score (nSPS) is 15.7. The molecule has 2 N–H and O–H groups in total. The second-order valence-electron chi connectivity index (χ2n) is 8.06. The SMILES string of the molecule is O=C(NC1CCN(C(=O)c2ccc(-n3ccccc3=O)cc2)C1)c1ccc2c(Cl)c[nH]c2c1. The van der Waals surface area contributed by atoms with Crippen LogP contribution in [0.25, 0.3) is 16.6 Å². The first kappa shape index (κ1) is 21.0. The fourth-order valence-corrected chi connectivity index (χ4v) is 4.37. The minimum atomic E-state index is -0.181. The molecule has 166 valence electrons. The Morgan fingerprint density at radius 1 is 1.03 bits per heavy atom. The number of aromatic amines is 1. The third-order valence-corrected chi connectivity index (χ3v) is 6.23. The molecule has 2 aromatic carbocycles. The van der Waals surface area contributed by atoms with Crippen LogP contribution in [0.4, 0.5) is 0 Å². The van der Waals surface area contributed by atoms with Crippen LogP contribution < -0.4 is 10.9 Å². The first-order valence-electron chi connectivity index (χ1n) is 10.6. The van der Waals surface area contributed by atoms with Crippen molar-refractivity contribution in [3.05, 3.63) is 99.6 Å². The summed E-state index contributed by atoms with van der Waals surface area (Å²) in [4.78, 5) is 42.4. The lowest BCUT2D eigenvalue weighted by Crippen LogP contribution is -2.38. The Morgan fingerprint density at radius 3 is 2.61 bits per heavy atom. The van der Waals surface area contributed by atoms with Crippen LogP contribution in [0.5, 0.6) is 0 Å². The van der Waals surface area contributed by atoms with Crippen molar-refractivity contribution in [2.24, 2.45) is 0 Å². The zero-order valence-electron chi connectivity index (χ0n) is 17.6. The van der Waals surface area contributed by atoms with E-state index < -0.39 is 0 Å². The van der Waals surface area contributed by atoms with E-state index in [2.05, 4.69) is 10.3 Å². The van der Waals surface area contributed by atoms with Crippen LogP contribution in [0, 0.1) is 0 Å². The number of hydrogen-bond donors (Lipinski definition) is 2. The van der Waals surface area contributed by atoms with E-state index in [9.17, 15) is 14.4 Å². The zero-order chi connectivity index (χ0) is 22.9. The van der Waals surface area contributed by atoms with Crippen LogP contribution in [0.3, 0.4) is 0 Å². The lowest BCUT2D eigenvalue weighted by atomic mass is 10.1. The molecule has 7 nitrogen and oxygen atoms in total. The van der Waals surface area contributed by atoms with Gasteiger partial charge in [0.15, 0.2) is 0 Å². The Hall–Kier alpha value is -3.84. The van der Waals surface area contributed by atoms with Crippen LogP contribution in [0.15, 0.2) is 77.9 Å². The van der Waals surface area contributed by atoms with E-state index in [0.29, 0.717) is 41.3 Å². The molecule has 0 radical (unpaired) electrons.